The second-order valence-electron chi connectivity index (χ2n) is 4.79. The van der Waals surface area contributed by atoms with Gasteiger partial charge in [0, 0.05) is 11.4 Å². The van der Waals surface area contributed by atoms with Crippen molar-refractivity contribution >= 4 is 17.3 Å². The molecule has 1 unspecified atom stereocenters. The van der Waals surface area contributed by atoms with Crippen LogP contribution in [-0.2, 0) is 16.0 Å². The summed E-state index contributed by atoms with van der Waals surface area (Å²) in [7, 11) is 0. The minimum atomic E-state index is -0.253. The van der Waals surface area contributed by atoms with Gasteiger partial charge in [0.2, 0.25) is 0 Å². The molecule has 17 heavy (non-hydrogen) atoms. The smallest absolute Gasteiger partial charge is 0.327 e. The van der Waals surface area contributed by atoms with E-state index in [2.05, 4.69) is 19.2 Å². The van der Waals surface area contributed by atoms with Crippen LogP contribution < -0.4 is 5.32 Å². The highest BCUT2D eigenvalue weighted by atomic mass is 32.1. The zero-order valence-corrected chi connectivity index (χ0v) is 11.2. The number of esters is 1. The molecule has 1 N–H and O–H groups in total. The highest BCUT2D eigenvalue weighted by molar-refractivity contribution is 7.10. The lowest BCUT2D eigenvalue weighted by Crippen LogP contribution is -2.35. The molecule has 2 rings (SSSR count). The topological polar surface area (TPSA) is 38.3 Å². The van der Waals surface area contributed by atoms with Crippen LogP contribution in [0.2, 0.25) is 0 Å². The van der Waals surface area contributed by atoms with E-state index in [1.807, 2.05) is 11.4 Å². The molecular formula is C13H19NO2S. The van der Waals surface area contributed by atoms with Gasteiger partial charge >= 0.3 is 5.97 Å². The zero-order valence-electron chi connectivity index (χ0n) is 10.4. The molecule has 94 valence electrons. The molecule has 0 fully saturated rings. The highest BCUT2D eigenvalue weighted by Gasteiger charge is 2.27. The van der Waals surface area contributed by atoms with Gasteiger partial charge in [0.25, 0.3) is 0 Å². The number of ether oxygens (including phenoxy) is 1. The van der Waals surface area contributed by atoms with Crippen molar-refractivity contribution < 1.29 is 9.53 Å². The predicted molar refractivity (Wildman–Crippen MR) is 69.2 cm³/mol. The van der Waals surface area contributed by atoms with Crippen LogP contribution in [0.15, 0.2) is 11.4 Å². The van der Waals surface area contributed by atoms with Gasteiger partial charge in [-0.25, -0.2) is 4.79 Å². The molecule has 1 aromatic rings. The fourth-order valence-electron chi connectivity index (χ4n) is 1.94. The lowest BCUT2D eigenvalue weighted by Gasteiger charge is -2.22. The largest absolute Gasteiger partial charge is 0.464 e. The molecule has 0 radical (unpaired) electrons. The van der Waals surface area contributed by atoms with Gasteiger partial charge in [-0.2, -0.15) is 0 Å². The van der Waals surface area contributed by atoms with Crippen LogP contribution in [0.4, 0.5) is 0 Å². The van der Waals surface area contributed by atoms with E-state index in [9.17, 15) is 4.79 Å². The first-order valence-corrected chi connectivity index (χ1v) is 7.02. The highest BCUT2D eigenvalue weighted by Crippen LogP contribution is 2.28. The Morgan fingerprint density at radius 2 is 2.47 bits per heavy atom. The van der Waals surface area contributed by atoms with E-state index >= 15 is 0 Å². The van der Waals surface area contributed by atoms with Gasteiger partial charge in [-0.05, 0) is 35.8 Å². The number of carbonyl (C=O) groups is 1. The third kappa shape index (κ3) is 3.07. The lowest BCUT2D eigenvalue weighted by molar-refractivity contribution is -0.146. The molecule has 0 saturated carbocycles. The number of nitrogens with one attached hydrogen (secondary N) is 1. The van der Waals surface area contributed by atoms with E-state index in [1.54, 1.807) is 11.3 Å². The molecule has 0 amide bonds. The molecule has 1 aliphatic rings. The van der Waals surface area contributed by atoms with E-state index < -0.39 is 0 Å². The van der Waals surface area contributed by atoms with Gasteiger partial charge in [0.15, 0.2) is 0 Å². The first-order chi connectivity index (χ1) is 8.18. The van der Waals surface area contributed by atoms with Crippen LogP contribution in [0.1, 0.15) is 36.8 Å². The van der Waals surface area contributed by atoms with Gasteiger partial charge in [0.1, 0.15) is 6.04 Å². The molecule has 1 aliphatic heterocycles. The van der Waals surface area contributed by atoms with Gasteiger partial charge in [-0.15, -0.1) is 11.3 Å². The quantitative estimate of drug-likeness (QED) is 0.838. The maximum atomic E-state index is 12.0. The number of hydrogen-bond acceptors (Lipinski definition) is 4. The van der Waals surface area contributed by atoms with Crippen molar-refractivity contribution in [3.63, 3.8) is 0 Å². The first-order valence-electron chi connectivity index (χ1n) is 6.14. The van der Waals surface area contributed by atoms with Crippen LogP contribution in [0.3, 0.4) is 0 Å². The number of hydrogen-bond donors (Lipinski definition) is 1. The van der Waals surface area contributed by atoms with E-state index in [0.717, 1.165) is 24.9 Å². The second kappa shape index (κ2) is 5.65. The Morgan fingerprint density at radius 1 is 1.65 bits per heavy atom. The summed E-state index contributed by atoms with van der Waals surface area (Å²) in [6, 6.07) is 1.78. The summed E-state index contributed by atoms with van der Waals surface area (Å²) in [5.74, 6) is 0.434. The van der Waals surface area contributed by atoms with Crippen molar-refractivity contribution in [1.29, 1.82) is 0 Å². The molecule has 0 saturated heterocycles. The van der Waals surface area contributed by atoms with E-state index in [-0.39, 0.29) is 12.0 Å². The number of fused-ring (bicyclic) bond motifs is 1. The molecular weight excluding hydrogens is 234 g/mol. The normalized spacial score (nSPS) is 19.1. The Labute approximate surface area is 106 Å². The molecule has 0 bridgehead atoms. The first kappa shape index (κ1) is 12.6. The minimum absolute atomic E-state index is 0.134. The standard InChI is InChI=1S/C13H19NO2S/c1-9(2)4-7-16-13(15)12-10-5-8-17-11(10)3-6-14-12/h5,8-9,12,14H,3-4,6-7H2,1-2H3. The Bertz CT molecular complexity index is 387. The summed E-state index contributed by atoms with van der Waals surface area (Å²) >= 11 is 1.73. The minimum Gasteiger partial charge on any atom is -0.464 e. The summed E-state index contributed by atoms with van der Waals surface area (Å²) in [6.07, 6.45) is 1.94. The van der Waals surface area contributed by atoms with E-state index in [4.69, 9.17) is 4.74 Å². The molecule has 4 heteroatoms. The maximum Gasteiger partial charge on any atom is 0.327 e. The summed E-state index contributed by atoms with van der Waals surface area (Å²) in [6.45, 7) is 5.64. The van der Waals surface area contributed by atoms with Crippen LogP contribution in [0, 0.1) is 5.92 Å². The SMILES string of the molecule is CC(C)CCOC(=O)C1NCCc2sccc21. The molecule has 1 aromatic heterocycles. The van der Waals surface area contributed by atoms with Crippen molar-refractivity contribution in [1.82, 2.24) is 5.32 Å². The fourth-order valence-corrected chi connectivity index (χ4v) is 2.86. The molecule has 0 aliphatic carbocycles. The molecule has 0 spiro atoms. The maximum absolute atomic E-state index is 12.0. The van der Waals surface area contributed by atoms with Crippen molar-refractivity contribution in [3.8, 4) is 0 Å². The van der Waals surface area contributed by atoms with E-state index in [0.29, 0.717) is 12.5 Å². The second-order valence-corrected chi connectivity index (χ2v) is 5.79. The van der Waals surface area contributed by atoms with Crippen molar-refractivity contribution in [2.75, 3.05) is 13.2 Å². The zero-order chi connectivity index (χ0) is 12.3. The average molecular weight is 253 g/mol. The summed E-state index contributed by atoms with van der Waals surface area (Å²) in [4.78, 5) is 13.3. The van der Waals surface area contributed by atoms with Gasteiger partial charge in [0.05, 0.1) is 6.61 Å². The Balaban J connectivity index is 1.93. The number of thiophene rings is 1. The van der Waals surface area contributed by atoms with Crippen LogP contribution in [0.25, 0.3) is 0 Å². The number of rotatable bonds is 4. The Kier molecular flexibility index (Phi) is 4.18. The summed E-state index contributed by atoms with van der Waals surface area (Å²) in [5, 5.41) is 5.28. The van der Waals surface area contributed by atoms with Crippen molar-refractivity contribution in [2.24, 2.45) is 5.92 Å². The molecule has 3 nitrogen and oxygen atoms in total. The Morgan fingerprint density at radius 3 is 3.24 bits per heavy atom. The van der Waals surface area contributed by atoms with Crippen LogP contribution >= 0.6 is 11.3 Å². The van der Waals surface area contributed by atoms with Crippen molar-refractivity contribution in [2.45, 2.75) is 32.7 Å². The third-order valence-electron chi connectivity index (χ3n) is 2.97. The summed E-state index contributed by atoms with van der Waals surface area (Å²) in [5.41, 5.74) is 1.11. The summed E-state index contributed by atoms with van der Waals surface area (Å²) < 4.78 is 5.32. The number of carbonyl (C=O) groups excluding carboxylic acids is 1. The Hall–Kier alpha value is -0.870. The predicted octanol–water partition coefficient (Wildman–Crippen LogP) is 2.52. The monoisotopic (exact) mass is 253 g/mol. The average Bonchev–Trinajstić information content (AvgIpc) is 2.75. The molecule has 2 heterocycles. The molecule has 1 atom stereocenters. The van der Waals surface area contributed by atoms with E-state index in [1.165, 1.54) is 4.88 Å². The van der Waals surface area contributed by atoms with Crippen LogP contribution in [-0.4, -0.2) is 19.1 Å². The van der Waals surface area contributed by atoms with Crippen LogP contribution in [0.5, 0.6) is 0 Å². The van der Waals surface area contributed by atoms with Crippen molar-refractivity contribution in [3.05, 3.63) is 21.9 Å². The van der Waals surface area contributed by atoms with Gasteiger partial charge < -0.3 is 10.1 Å². The molecule has 0 aromatic carbocycles. The fraction of sp³-hybridized carbons (Fsp3) is 0.615. The van der Waals surface area contributed by atoms with Gasteiger partial charge in [-0.3, -0.25) is 0 Å². The third-order valence-corrected chi connectivity index (χ3v) is 3.96. The van der Waals surface area contributed by atoms with Gasteiger partial charge in [-0.1, -0.05) is 13.8 Å². The lowest BCUT2D eigenvalue weighted by atomic mass is 10.0.